The van der Waals surface area contributed by atoms with E-state index in [0.717, 1.165) is 32.0 Å². The molecular weight excluding hydrogens is 849 g/mol. The second kappa shape index (κ2) is 17.4. The third kappa shape index (κ3) is 7.59. The van der Waals surface area contributed by atoms with Crippen molar-refractivity contribution in [3.8, 4) is 0 Å². The Morgan fingerprint density at radius 3 is 2.05 bits per heavy atom. The van der Waals surface area contributed by atoms with E-state index in [-0.39, 0.29) is 46.4 Å². The number of allylic oxidation sites excluding steroid dienone is 2. The minimum atomic E-state index is -1.87. The topological polar surface area (TPSA) is 272 Å². The van der Waals surface area contributed by atoms with E-state index in [2.05, 4.69) is 40.7 Å². The Hall–Kier alpha value is -1.52. The van der Waals surface area contributed by atoms with Crippen molar-refractivity contribution < 1.29 is 84.0 Å². The molecule has 3 aliphatic heterocycles. The van der Waals surface area contributed by atoms with E-state index in [4.69, 9.17) is 28.4 Å². The van der Waals surface area contributed by atoms with Gasteiger partial charge < -0.3 is 79.2 Å². The molecule has 8 aliphatic rings. The summed E-state index contributed by atoms with van der Waals surface area (Å²) in [6.07, 6.45) is -14.0. The zero-order chi connectivity index (χ0) is 47.6. The Bertz CT molecular complexity index is 1810. The van der Waals surface area contributed by atoms with E-state index in [9.17, 15) is 55.5 Å². The monoisotopic (exact) mass is 925 g/mol. The minimum Gasteiger partial charge on any atom is -0.394 e. The van der Waals surface area contributed by atoms with Crippen LogP contribution in [0.4, 0.5) is 0 Å². The SMILES string of the molecule is CC(=O)[C@]12CCC(C)(C)CC1C1=CCC3C4(C)CC[C@H](O[C@@H]5OC[C@@H](O)[C@H](O[C@@H]6O[C@@H](C)[C@H](O)C(O)C6O)C5O[C@@H]5OC(CO)[C@H](O)[C@H](O)C5O)C(C)(C=O)[C@@H]4CC[C@@]3(C)C1(C)C[C@H]2O. The van der Waals surface area contributed by atoms with E-state index in [1.54, 1.807) is 6.92 Å². The molecule has 0 aromatic rings. The molecule has 0 aromatic heterocycles. The minimum absolute atomic E-state index is 0.0225. The Labute approximate surface area is 381 Å². The standard InChI is InChI=1S/C48H76O17/c1-22-32(54)34(56)36(58)40(61-22)64-38-26(52)20-60-42(39(38)65-41-37(59)35(57)33(55)27(19-49)62-41)63-31-12-13-44(5)28(45(31,6)21-50)11-14-46(7)29(44)10-9-24-25-17-43(3,4)15-16-48(25,23(2)51)30(53)18-47(24,46)8/h9,21-22,25-42,49,52-59H,10-20H2,1-8H3/t22-,25?,26+,27?,28+,29?,30+,31-,32-,33-,34?,35-,36?,37?,38-,39?,40-,41-,42-,44?,45?,46+,47?,48+/m0/s1. The molecule has 0 spiro atoms. The predicted molar refractivity (Wildman–Crippen MR) is 228 cm³/mol. The van der Waals surface area contributed by atoms with Gasteiger partial charge >= 0.3 is 0 Å². The van der Waals surface area contributed by atoms with Crippen LogP contribution in [0.2, 0.25) is 0 Å². The van der Waals surface area contributed by atoms with Crippen molar-refractivity contribution >= 4 is 12.1 Å². The Morgan fingerprint density at radius 2 is 1.40 bits per heavy atom. The summed E-state index contributed by atoms with van der Waals surface area (Å²) in [6.45, 7) is 15.4. The fourth-order valence-electron chi connectivity index (χ4n) is 15.0. The lowest BCUT2D eigenvalue weighted by molar-refractivity contribution is -0.387. The molecule has 0 bridgehead atoms. The Balaban J connectivity index is 1.09. The summed E-state index contributed by atoms with van der Waals surface area (Å²) in [5, 5.41) is 97.7. The molecule has 9 N–H and O–H groups in total. The van der Waals surface area contributed by atoms with Gasteiger partial charge in [0.05, 0.1) is 42.4 Å². The lowest BCUT2D eigenvalue weighted by Gasteiger charge is -2.71. The van der Waals surface area contributed by atoms with Crippen molar-refractivity contribution in [3.63, 3.8) is 0 Å². The highest BCUT2D eigenvalue weighted by Crippen LogP contribution is 2.76. The van der Waals surface area contributed by atoms with Gasteiger partial charge in [-0.2, -0.15) is 0 Å². The van der Waals surface area contributed by atoms with Crippen LogP contribution in [-0.4, -0.2) is 169 Å². The van der Waals surface area contributed by atoms with Gasteiger partial charge in [-0.1, -0.05) is 53.2 Å². The fourth-order valence-corrected chi connectivity index (χ4v) is 15.0. The highest BCUT2D eigenvalue weighted by atomic mass is 16.8. The number of ether oxygens (including phenoxy) is 6. The largest absolute Gasteiger partial charge is 0.394 e. The average molecular weight is 925 g/mol. The summed E-state index contributed by atoms with van der Waals surface area (Å²) in [5.41, 5.74) is -1.58. The third-order valence-electron chi connectivity index (χ3n) is 19.2. The summed E-state index contributed by atoms with van der Waals surface area (Å²) < 4.78 is 36.8. The number of carbonyl (C=O) groups is 2. The maximum atomic E-state index is 13.8. The molecule has 0 aromatic carbocycles. The molecule has 7 fully saturated rings. The van der Waals surface area contributed by atoms with Crippen molar-refractivity contribution in [2.45, 2.75) is 211 Å². The number of aliphatic hydroxyl groups excluding tert-OH is 9. The van der Waals surface area contributed by atoms with E-state index < -0.39 is 121 Å². The Kier molecular flexibility index (Phi) is 13.4. The van der Waals surface area contributed by atoms with Crippen LogP contribution in [0, 0.1) is 50.2 Å². The van der Waals surface area contributed by atoms with Crippen molar-refractivity contribution in [3.05, 3.63) is 11.6 Å². The number of hydrogen-bond acceptors (Lipinski definition) is 17. The first-order valence-electron chi connectivity index (χ1n) is 24.0. The molecule has 17 heteroatoms. The Morgan fingerprint density at radius 1 is 0.754 bits per heavy atom. The maximum Gasteiger partial charge on any atom is 0.187 e. The summed E-state index contributed by atoms with van der Waals surface area (Å²) in [5.74, 6) is -0.0406. The molecular formula is C48H76O17. The van der Waals surface area contributed by atoms with Crippen LogP contribution in [0.15, 0.2) is 11.6 Å². The number of fused-ring (bicyclic) bond motifs is 7. The number of rotatable bonds is 9. The highest BCUT2D eigenvalue weighted by molar-refractivity contribution is 5.84. The van der Waals surface area contributed by atoms with E-state index in [1.807, 2.05) is 6.92 Å². The van der Waals surface area contributed by atoms with Crippen LogP contribution < -0.4 is 0 Å². The zero-order valence-electron chi connectivity index (χ0n) is 39.2. The van der Waals surface area contributed by atoms with Crippen LogP contribution in [0.25, 0.3) is 0 Å². The van der Waals surface area contributed by atoms with Crippen molar-refractivity contribution in [1.29, 1.82) is 0 Å². The van der Waals surface area contributed by atoms with Gasteiger partial charge in [0, 0.05) is 0 Å². The van der Waals surface area contributed by atoms with E-state index in [1.165, 1.54) is 12.5 Å². The molecule has 8 rings (SSSR count). The van der Waals surface area contributed by atoms with Gasteiger partial charge in [0.25, 0.3) is 0 Å². The lowest BCUT2D eigenvalue weighted by atomic mass is 9.33. The maximum absolute atomic E-state index is 13.8. The van der Waals surface area contributed by atoms with Gasteiger partial charge in [0.1, 0.15) is 73.1 Å². The first kappa shape index (κ1) is 49.9. The molecule has 0 amide bonds. The summed E-state index contributed by atoms with van der Waals surface area (Å²) >= 11 is 0. The molecule has 4 saturated carbocycles. The van der Waals surface area contributed by atoms with Crippen LogP contribution in [0.3, 0.4) is 0 Å². The molecule has 370 valence electrons. The van der Waals surface area contributed by atoms with E-state index >= 15 is 0 Å². The molecule has 5 aliphatic carbocycles. The first-order chi connectivity index (χ1) is 30.3. The molecule has 65 heavy (non-hydrogen) atoms. The number of Topliss-reactive ketones (excluding diaryl/α,β-unsaturated/α-hetero) is 1. The van der Waals surface area contributed by atoms with Gasteiger partial charge in [-0.15, -0.1) is 0 Å². The number of ketones is 1. The number of aldehydes is 1. The van der Waals surface area contributed by atoms with Gasteiger partial charge in [-0.05, 0) is 111 Å². The fraction of sp³-hybridized carbons (Fsp3) is 0.917. The predicted octanol–water partition coefficient (Wildman–Crippen LogP) is 1.03. The molecule has 0 radical (unpaired) electrons. The quantitative estimate of drug-likeness (QED) is 0.0888. The highest BCUT2D eigenvalue weighted by Gasteiger charge is 2.71. The summed E-state index contributed by atoms with van der Waals surface area (Å²) in [6, 6.07) is 0. The number of carbonyl (C=O) groups excluding carboxylic acids is 2. The van der Waals surface area contributed by atoms with Crippen LogP contribution >= 0.6 is 0 Å². The first-order valence-corrected chi connectivity index (χ1v) is 24.0. The molecule has 17 nitrogen and oxygen atoms in total. The smallest absolute Gasteiger partial charge is 0.187 e. The van der Waals surface area contributed by atoms with E-state index in [0.29, 0.717) is 32.1 Å². The number of hydrogen-bond donors (Lipinski definition) is 9. The summed E-state index contributed by atoms with van der Waals surface area (Å²) in [4.78, 5) is 27.4. The second-order valence-electron chi connectivity index (χ2n) is 23.0. The molecule has 10 unspecified atom stereocenters. The van der Waals surface area contributed by atoms with Gasteiger partial charge in [0.2, 0.25) is 0 Å². The zero-order valence-corrected chi connectivity index (χ0v) is 39.2. The van der Waals surface area contributed by atoms with Crippen molar-refractivity contribution in [1.82, 2.24) is 0 Å². The van der Waals surface area contributed by atoms with Gasteiger partial charge in [0.15, 0.2) is 18.9 Å². The van der Waals surface area contributed by atoms with Crippen LogP contribution in [-0.2, 0) is 38.0 Å². The number of aliphatic hydroxyl groups is 9. The van der Waals surface area contributed by atoms with Crippen molar-refractivity contribution in [2.24, 2.45) is 50.2 Å². The normalized spacial score (nSPS) is 55.4. The average Bonchev–Trinajstić information content (AvgIpc) is 3.24. The van der Waals surface area contributed by atoms with Crippen molar-refractivity contribution in [2.75, 3.05) is 13.2 Å². The molecule has 24 atom stereocenters. The summed E-state index contributed by atoms with van der Waals surface area (Å²) in [7, 11) is 0. The second-order valence-corrected chi connectivity index (χ2v) is 23.0. The molecule has 3 heterocycles. The van der Waals surface area contributed by atoms with Gasteiger partial charge in [-0.3, -0.25) is 4.79 Å². The van der Waals surface area contributed by atoms with Crippen LogP contribution in [0.1, 0.15) is 113 Å². The third-order valence-corrected chi connectivity index (χ3v) is 19.2. The molecule has 3 saturated heterocycles. The lowest BCUT2D eigenvalue weighted by Crippen LogP contribution is -2.68. The van der Waals surface area contributed by atoms with Gasteiger partial charge in [-0.25, -0.2) is 0 Å². The van der Waals surface area contributed by atoms with Crippen LogP contribution in [0.5, 0.6) is 0 Å².